The predicted octanol–water partition coefficient (Wildman–Crippen LogP) is 13.2. The first-order valence-corrected chi connectivity index (χ1v) is 21.3. The van der Waals surface area contributed by atoms with Crippen LogP contribution in [-0.2, 0) is 17.6 Å². The number of rotatable bonds is 20. The number of ether oxygens (including phenoxy) is 2. The Bertz CT molecular complexity index is 1960. The van der Waals surface area contributed by atoms with E-state index in [2.05, 4.69) is 90.1 Å². The van der Waals surface area contributed by atoms with Crippen molar-refractivity contribution in [1.82, 2.24) is 9.97 Å². The number of nitrogens with zero attached hydrogens (tertiary/aromatic N) is 2. The van der Waals surface area contributed by atoms with Gasteiger partial charge in [0.1, 0.15) is 23.7 Å². The van der Waals surface area contributed by atoms with Crippen molar-refractivity contribution in [2.24, 2.45) is 11.8 Å². The SMILES string of the molecule is CCC[C@H](Oc1ccc(C(C(=O)C(c2ccc(O[C@@H](CCC)c3ccc(CC(C)C)cc3)cc2)c2ccccn2)c2ccccn2)cc1)c1ccc(CC(C)C)cc1. The van der Waals surface area contributed by atoms with Crippen LogP contribution in [0.5, 0.6) is 11.5 Å². The van der Waals surface area contributed by atoms with Crippen molar-refractivity contribution < 1.29 is 14.3 Å². The Morgan fingerprint density at radius 1 is 0.483 bits per heavy atom. The van der Waals surface area contributed by atoms with Gasteiger partial charge in [-0.15, -0.1) is 0 Å². The third-order valence-electron chi connectivity index (χ3n) is 10.6. The molecule has 5 heteroatoms. The Labute approximate surface area is 346 Å². The van der Waals surface area contributed by atoms with Crippen LogP contribution in [0.15, 0.2) is 146 Å². The Balaban J connectivity index is 1.27. The topological polar surface area (TPSA) is 61.3 Å². The lowest BCUT2D eigenvalue weighted by Gasteiger charge is -2.24. The van der Waals surface area contributed by atoms with E-state index in [1.807, 2.05) is 84.9 Å². The predicted molar refractivity (Wildman–Crippen MR) is 237 cm³/mol. The molecule has 58 heavy (non-hydrogen) atoms. The van der Waals surface area contributed by atoms with E-state index in [1.165, 1.54) is 22.3 Å². The maximum absolute atomic E-state index is 15.2. The number of hydrogen-bond donors (Lipinski definition) is 0. The van der Waals surface area contributed by atoms with Gasteiger partial charge >= 0.3 is 0 Å². The molecule has 0 aliphatic rings. The highest BCUT2D eigenvalue weighted by atomic mass is 16.5. The van der Waals surface area contributed by atoms with E-state index < -0.39 is 11.8 Å². The maximum atomic E-state index is 15.2. The van der Waals surface area contributed by atoms with Gasteiger partial charge in [-0.25, -0.2) is 0 Å². The highest BCUT2D eigenvalue weighted by Crippen LogP contribution is 2.37. The fourth-order valence-corrected chi connectivity index (χ4v) is 7.82. The van der Waals surface area contributed by atoms with Gasteiger partial charge in [-0.1, -0.05) is 139 Å². The summed E-state index contributed by atoms with van der Waals surface area (Å²) < 4.78 is 13.3. The molecule has 0 N–H and O–H groups in total. The number of benzene rings is 4. The summed E-state index contributed by atoms with van der Waals surface area (Å²) in [7, 11) is 0. The van der Waals surface area contributed by atoms with E-state index in [4.69, 9.17) is 19.4 Å². The molecule has 0 saturated heterocycles. The number of ketones is 1. The van der Waals surface area contributed by atoms with Crippen LogP contribution in [0.3, 0.4) is 0 Å². The molecule has 0 radical (unpaired) electrons. The van der Waals surface area contributed by atoms with Gasteiger partial charge in [0.25, 0.3) is 0 Å². The summed E-state index contributed by atoms with van der Waals surface area (Å²) in [5, 5.41) is 0. The van der Waals surface area contributed by atoms with Gasteiger partial charge < -0.3 is 9.47 Å². The van der Waals surface area contributed by atoms with Crippen LogP contribution >= 0.6 is 0 Å². The third-order valence-corrected chi connectivity index (χ3v) is 10.6. The zero-order chi connectivity index (χ0) is 40.9. The second-order valence-corrected chi connectivity index (χ2v) is 16.4. The standard InChI is InChI=1S/C53H60N2O3/c1-7-13-49(41-21-17-39(18-22-41)35-37(3)4)57-45-29-25-43(26-30-45)51(47-15-9-11-33-54-47)53(56)52(48-16-10-12-34-55-48)44-27-31-46(32-28-44)58-50(14-8-2)42-23-19-40(20-24-42)36-38(5)6/h9-12,15-34,37-38,49-52H,7-8,13-14,35-36H2,1-6H3/t49-,50-,51?,52?/m0/s1. The van der Waals surface area contributed by atoms with Gasteiger partial charge in [-0.3, -0.25) is 14.8 Å². The molecule has 2 aromatic heterocycles. The monoisotopic (exact) mass is 772 g/mol. The van der Waals surface area contributed by atoms with Gasteiger partial charge in [0.15, 0.2) is 5.78 Å². The van der Waals surface area contributed by atoms with Crippen molar-refractivity contribution in [3.05, 3.63) is 191 Å². The second-order valence-electron chi connectivity index (χ2n) is 16.4. The number of carbonyl (C=O) groups is 1. The fourth-order valence-electron chi connectivity index (χ4n) is 7.82. The van der Waals surface area contributed by atoms with Crippen LogP contribution in [0.1, 0.15) is 136 Å². The lowest BCUT2D eigenvalue weighted by Crippen LogP contribution is -2.24. The molecule has 0 bridgehead atoms. The summed E-state index contributed by atoms with van der Waals surface area (Å²) in [6.07, 6.45) is 9.30. The normalized spacial score (nSPS) is 13.5. The first kappa shape index (κ1) is 42.1. The van der Waals surface area contributed by atoms with E-state index in [0.29, 0.717) is 23.2 Å². The maximum Gasteiger partial charge on any atom is 0.159 e. The van der Waals surface area contributed by atoms with Gasteiger partial charge in [-0.05, 0) is 119 Å². The number of Topliss-reactive ketones (excluding diaryl/α,β-unsaturated/α-hetero) is 1. The molecule has 2 unspecified atom stereocenters. The van der Waals surface area contributed by atoms with Crippen molar-refractivity contribution in [2.45, 2.75) is 104 Å². The Morgan fingerprint density at radius 2 is 0.845 bits per heavy atom. The van der Waals surface area contributed by atoms with Crippen LogP contribution < -0.4 is 9.47 Å². The number of aromatic nitrogens is 2. The summed E-state index contributed by atoms with van der Waals surface area (Å²) in [6, 6.07) is 45.2. The molecule has 2 heterocycles. The molecule has 0 fully saturated rings. The van der Waals surface area contributed by atoms with Gasteiger partial charge in [0.2, 0.25) is 0 Å². The summed E-state index contributed by atoms with van der Waals surface area (Å²) in [6.45, 7) is 13.4. The van der Waals surface area contributed by atoms with Gasteiger partial charge in [-0.2, -0.15) is 0 Å². The third kappa shape index (κ3) is 11.3. The van der Waals surface area contributed by atoms with E-state index in [0.717, 1.165) is 61.2 Å². The second kappa shape index (κ2) is 20.7. The van der Waals surface area contributed by atoms with Crippen LogP contribution in [0.4, 0.5) is 0 Å². The average Bonchev–Trinajstić information content (AvgIpc) is 3.23. The smallest absolute Gasteiger partial charge is 0.159 e. The number of carbonyl (C=O) groups excluding carboxylic acids is 1. The Kier molecular flexibility index (Phi) is 15.0. The molecule has 5 nitrogen and oxygen atoms in total. The molecule has 0 spiro atoms. The van der Waals surface area contributed by atoms with E-state index in [9.17, 15) is 0 Å². The van der Waals surface area contributed by atoms with Crippen molar-refractivity contribution in [2.75, 3.05) is 0 Å². The van der Waals surface area contributed by atoms with Crippen LogP contribution in [-0.4, -0.2) is 15.8 Å². The van der Waals surface area contributed by atoms with Crippen molar-refractivity contribution in [3.8, 4) is 11.5 Å². The zero-order valence-corrected chi connectivity index (χ0v) is 35.2. The molecular weight excluding hydrogens is 713 g/mol. The van der Waals surface area contributed by atoms with Crippen LogP contribution in [0, 0.1) is 11.8 Å². The number of hydrogen-bond acceptors (Lipinski definition) is 5. The molecule has 4 aromatic carbocycles. The molecular formula is C53H60N2O3. The van der Waals surface area contributed by atoms with Crippen molar-refractivity contribution in [3.63, 3.8) is 0 Å². The summed E-state index contributed by atoms with van der Waals surface area (Å²) in [5.74, 6) is 1.49. The molecule has 0 aliphatic carbocycles. The highest BCUT2D eigenvalue weighted by molar-refractivity contribution is 5.96. The highest BCUT2D eigenvalue weighted by Gasteiger charge is 2.34. The molecule has 4 atom stereocenters. The van der Waals surface area contributed by atoms with Crippen LogP contribution in [0.2, 0.25) is 0 Å². The van der Waals surface area contributed by atoms with E-state index >= 15 is 4.79 Å². The molecule has 0 amide bonds. The summed E-state index contributed by atoms with van der Waals surface area (Å²) in [4.78, 5) is 24.6. The molecule has 6 aromatic rings. The van der Waals surface area contributed by atoms with Gasteiger partial charge in [0, 0.05) is 12.4 Å². The van der Waals surface area contributed by atoms with Crippen LogP contribution in [0.25, 0.3) is 0 Å². The Morgan fingerprint density at radius 3 is 1.16 bits per heavy atom. The lowest BCUT2D eigenvalue weighted by molar-refractivity contribution is -0.120. The largest absolute Gasteiger partial charge is 0.486 e. The quantitative estimate of drug-likeness (QED) is 0.0773. The van der Waals surface area contributed by atoms with E-state index in [-0.39, 0.29) is 18.0 Å². The molecule has 0 saturated carbocycles. The minimum Gasteiger partial charge on any atom is -0.486 e. The van der Waals surface area contributed by atoms with Crippen molar-refractivity contribution >= 4 is 5.78 Å². The minimum absolute atomic E-state index is 0.00423. The number of pyridine rings is 2. The van der Waals surface area contributed by atoms with Gasteiger partial charge in [0.05, 0.1) is 23.2 Å². The lowest BCUT2D eigenvalue weighted by atomic mass is 9.80. The summed E-state index contributed by atoms with van der Waals surface area (Å²) >= 11 is 0. The Hall–Kier alpha value is -5.55. The first-order chi connectivity index (χ1) is 28.2. The fraction of sp³-hybridized carbons (Fsp3) is 0.340. The average molecular weight is 773 g/mol. The molecule has 6 rings (SSSR count). The summed E-state index contributed by atoms with van der Waals surface area (Å²) in [5.41, 5.74) is 8.11. The molecule has 300 valence electrons. The first-order valence-electron chi connectivity index (χ1n) is 21.3. The zero-order valence-electron chi connectivity index (χ0n) is 35.2. The molecule has 0 aliphatic heterocycles. The van der Waals surface area contributed by atoms with Crippen molar-refractivity contribution in [1.29, 1.82) is 0 Å². The van der Waals surface area contributed by atoms with E-state index in [1.54, 1.807) is 12.4 Å². The minimum atomic E-state index is -0.634.